The van der Waals surface area contributed by atoms with Crippen LogP contribution in [0.15, 0.2) is 78.9 Å². The Morgan fingerprint density at radius 3 is 2.46 bits per heavy atom. The second kappa shape index (κ2) is 10.1. The lowest BCUT2D eigenvalue weighted by Gasteiger charge is -2.29. The first-order valence-electron chi connectivity index (χ1n) is 11.8. The maximum atomic E-state index is 13.6. The van der Waals surface area contributed by atoms with Crippen molar-refractivity contribution in [1.29, 1.82) is 0 Å². The molecular weight excluding hydrogens is 441 g/mol. The Bertz CT molecular complexity index is 1300. The molecule has 2 heterocycles. The van der Waals surface area contributed by atoms with Crippen LogP contribution in [0.3, 0.4) is 0 Å². The molecule has 1 amide bonds. The summed E-state index contributed by atoms with van der Waals surface area (Å²) in [6.07, 6.45) is 0. The maximum absolute atomic E-state index is 13.6. The van der Waals surface area contributed by atoms with Crippen LogP contribution in [-0.2, 0) is 24.4 Å². The summed E-state index contributed by atoms with van der Waals surface area (Å²) in [4.78, 5) is 19.6. The third-order valence-electron chi connectivity index (χ3n) is 6.21. The number of rotatable bonds is 7. The SMILES string of the molecule is Cc1ccc(Nc2c(-c3ccc(F)cc3)nc3n2CCN(C(=O)CNCc2ccccc2)C3)cc1. The summed E-state index contributed by atoms with van der Waals surface area (Å²) >= 11 is 0. The molecule has 2 N–H and O–H groups in total. The molecule has 5 rings (SSSR count). The normalized spacial score (nSPS) is 12.9. The Morgan fingerprint density at radius 2 is 1.71 bits per heavy atom. The van der Waals surface area contributed by atoms with Crippen molar-refractivity contribution in [2.75, 3.05) is 18.4 Å². The molecule has 0 fully saturated rings. The summed E-state index contributed by atoms with van der Waals surface area (Å²) in [5.41, 5.74) is 4.84. The van der Waals surface area contributed by atoms with Crippen molar-refractivity contribution in [1.82, 2.24) is 19.8 Å². The minimum atomic E-state index is -0.287. The van der Waals surface area contributed by atoms with Gasteiger partial charge in [-0.3, -0.25) is 4.79 Å². The second-order valence-electron chi connectivity index (χ2n) is 8.78. The summed E-state index contributed by atoms with van der Waals surface area (Å²) in [6, 6.07) is 24.6. The average Bonchev–Trinajstić information content (AvgIpc) is 3.24. The van der Waals surface area contributed by atoms with Gasteiger partial charge < -0.3 is 20.1 Å². The van der Waals surface area contributed by atoms with Gasteiger partial charge in [0.2, 0.25) is 5.91 Å². The molecular formula is C28H28FN5O. The molecule has 0 unspecified atom stereocenters. The van der Waals surface area contributed by atoms with Crippen LogP contribution in [0.5, 0.6) is 0 Å². The van der Waals surface area contributed by atoms with Crippen LogP contribution < -0.4 is 10.6 Å². The first-order valence-corrected chi connectivity index (χ1v) is 11.8. The lowest BCUT2D eigenvalue weighted by atomic mass is 10.1. The highest BCUT2D eigenvalue weighted by Gasteiger charge is 2.26. The van der Waals surface area contributed by atoms with Crippen LogP contribution in [0.2, 0.25) is 0 Å². The van der Waals surface area contributed by atoms with Crippen LogP contribution in [0.1, 0.15) is 17.0 Å². The summed E-state index contributed by atoms with van der Waals surface area (Å²) in [5, 5.41) is 6.75. The zero-order valence-corrected chi connectivity index (χ0v) is 19.7. The van der Waals surface area contributed by atoms with Gasteiger partial charge in [0.15, 0.2) is 0 Å². The Morgan fingerprint density at radius 1 is 0.971 bits per heavy atom. The van der Waals surface area contributed by atoms with Gasteiger partial charge in [-0.05, 0) is 48.9 Å². The fourth-order valence-corrected chi connectivity index (χ4v) is 4.27. The third kappa shape index (κ3) is 5.25. The molecule has 0 saturated carbocycles. The largest absolute Gasteiger partial charge is 0.340 e. The molecule has 7 heteroatoms. The fourth-order valence-electron chi connectivity index (χ4n) is 4.27. The van der Waals surface area contributed by atoms with Crippen molar-refractivity contribution < 1.29 is 9.18 Å². The van der Waals surface area contributed by atoms with E-state index in [2.05, 4.69) is 34.3 Å². The molecule has 0 aliphatic carbocycles. The van der Waals surface area contributed by atoms with Crippen molar-refractivity contribution in [3.05, 3.63) is 102 Å². The van der Waals surface area contributed by atoms with E-state index >= 15 is 0 Å². The van der Waals surface area contributed by atoms with Crippen LogP contribution in [0.4, 0.5) is 15.9 Å². The van der Waals surface area contributed by atoms with Crippen LogP contribution in [-0.4, -0.2) is 33.4 Å². The minimum absolute atomic E-state index is 0.0477. The van der Waals surface area contributed by atoms with Gasteiger partial charge in [-0.1, -0.05) is 48.0 Å². The van der Waals surface area contributed by atoms with Gasteiger partial charge >= 0.3 is 0 Å². The number of aryl methyl sites for hydroxylation is 1. The second-order valence-corrected chi connectivity index (χ2v) is 8.78. The number of hydrogen-bond donors (Lipinski definition) is 2. The standard InChI is InChI=1S/C28H28FN5O/c1-20-7-13-24(14-8-20)31-28-27(22-9-11-23(29)12-10-22)32-25-19-33(15-16-34(25)28)26(35)18-30-17-21-5-3-2-4-6-21/h2-14,30-31H,15-19H2,1H3. The van der Waals surface area contributed by atoms with E-state index in [-0.39, 0.29) is 18.3 Å². The topological polar surface area (TPSA) is 62.2 Å². The predicted octanol–water partition coefficient (Wildman–Crippen LogP) is 4.87. The Kier molecular flexibility index (Phi) is 6.59. The van der Waals surface area contributed by atoms with Gasteiger partial charge in [0.05, 0.1) is 13.1 Å². The highest BCUT2D eigenvalue weighted by Crippen LogP contribution is 2.33. The predicted molar refractivity (Wildman–Crippen MR) is 136 cm³/mol. The van der Waals surface area contributed by atoms with Crippen molar-refractivity contribution in [2.24, 2.45) is 0 Å². The number of aromatic nitrogens is 2. The first-order chi connectivity index (χ1) is 17.1. The van der Waals surface area contributed by atoms with Gasteiger partial charge in [-0.15, -0.1) is 0 Å². The molecule has 4 aromatic rings. The summed E-state index contributed by atoms with van der Waals surface area (Å²) < 4.78 is 15.7. The molecule has 0 atom stereocenters. The number of carbonyl (C=O) groups excluding carboxylic acids is 1. The number of amides is 1. The van der Waals surface area contributed by atoms with E-state index in [1.54, 1.807) is 12.1 Å². The zero-order valence-electron chi connectivity index (χ0n) is 19.7. The van der Waals surface area contributed by atoms with Crippen molar-refractivity contribution in [3.63, 3.8) is 0 Å². The van der Waals surface area contributed by atoms with Gasteiger partial charge in [-0.25, -0.2) is 9.37 Å². The van der Waals surface area contributed by atoms with E-state index < -0.39 is 0 Å². The maximum Gasteiger partial charge on any atom is 0.237 e. The van der Waals surface area contributed by atoms with Gasteiger partial charge in [0, 0.05) is 30.9 Å². The molecule has 1 aromatic heterocycles. The Labute approximate surface area is 204 Å². The lowest BCUT2D eigenvalue weighted by molar-refractivity contribution is -0.131. The number of benzene rings is 3. The van der Waals surface area contributed by atoms with Crippen LogP contribution in [0.25, 0.3) is 11.3 Å². The number of halogens is 1. The molecule has 0 bridgehead atoms. The van der Waals surface area contributed by atoms with Crippen molar-refractivity contribution in [3.8, 4) is 11.3 Å². The monoisotopic (exact) mass is 469 g/mol. The van der Waals surface area contributed by atoms with E-state index in [1.807, 2.05) is 47.4 Å². The number of carbonyl (C=O) groups is 1. The smallest absolute Gasteiger partial charge is 0.237 e. The number of hydrogen-bond acceptors (Lipinski definition) is 4. The molecule has 1 aliphatic heterocycles. The summed E-state index contributed by atoms with van der Waals surface area (Å²) in [6.45, 7) is 4.62. The van der Waals surface area contributed by atoms with Gasteiger partial charge in [0.25, 0.3) is 0 Å². The van der Waals surface area contributed by atoms with Crippen molar-refractivity contribution >= 4 is 17.4 Å². The van der Waals surface area contributed by atoms with E-state index in [4.69, 9.17) is 4.98 Å². The lowest BCUT2D eigenvalue weighted by Crippen LogP contribution is -2.42. The molecule has 0 radical (unpaired) electrons. The van der Waals surface area contributed by atoms with E-state index in [0.29, 0.717) is 26.2 Å². The molecule has 0 saturated heterocycles. The highest BCUT2D eigenvalue weighted by atomic mass is 19.1. The van der Waals surface area contributed by atoms with Crippen LogP contribution in [0, 0.1) is 12.7 Å². The molecule has 178 valence electrons. The number of imidazole rings is 1. The van der Waals surface area contributed by atoms with E-state index in [1.165, 1.54) is 17.7 Å². The Balaban J connectivity index is 1.35. The highest BCUT2D eigenvalue weighted by molar-refractivity contribution is 5.79. The molecule has 0 spiro atoms. The fraction of sp³-hybridized carbons (Fsp3) is 0.214. The number of anilines is 2. The summed E-state index contributed by atoms with van der Waals surface area (Å²) in [7, 11) is 0. The number of nitrogens with zero attached hydrogens (tertiary/aromatic N) is 3. The third-order valence-corrected chi connectivity index (χ3v) is 6.21. The van der Waals surface area contributed by atoms with Crippen molar-refractivity contribution in [2.45, 2.75) is 26.6 Å². The number of nitrogens with one attached hydrogen (secondary N) is 2. The van der Waals surface area contributed by atoms with E-state index in [9.17, 15) is 9.18 Å². The average molecular weight is 470 g/mol. The minimum Gasteiger partial charge on any atom is -0.340 e. The Hall–Kier alpha value is -3.97. The summed E-state index contributed by atoms with van der Waals surface area (Å²) in [5.74, 6) is 1.42. The van der Waals surface area contributed by atoms with Gasteiger partial charge in [0.1, 0.15) is 23.2 Å². The first kappa shape index (κ1) is 22.8. The zero-order chi connectivity index (χ0) is 24.2. The van der Waals surface area contributed by atoms with Gasteiger partial charge in [-0.2, -0.15) is 0 Å². The number of fused-ring (bicyclic) bond motifs is 1. The molecule has 3 aromatic carbocycles. The van der Waals surface area contributed by atoms with Crippen LogP contribution >= 0.6 is 0 Å². The molecule has 6 nitrogen and oxygen atoms in total. The molecule has 35 heavy (non-hydrogen) atoms. The molecule has 1 aliphatic rings. The van der Waals surface area contributed by atoms with E-state index in [0.717, 1.165) is 34.2 Å². The quantitative estimate of drug-likeness (QED) is 0.405.